The summed E-state index contributed by atoms with van der Waals surface area (Å²) in [5.74, 6) is 5.42. The number of hydrazine groups is 1. The number of para-hydroxylation sites is 1. The molecule has 20 heavy (non-hydrogen) atoms. The van der Waals surface area contributed by atoms with Crippen molar-refractivity contribution in [2.24, 2.45) is 5.84 Å². The van der Waals surface area contributed by atoms with Crippen molar-refractivity contribution >= 4 is 11.6 Å². The van der Waals surface area contributed by atoms with Crippen LogP contribution in [-0.2, 0) is 4.74 Å². The van der Waals surface area contributed by atoms with Gasteiger partial charge in [-0.3, -0.25) is 10.6 Å². The fourth-order valence-corrected chi connectivity index (χ4v) is 2.41. The number of likely N-dealkylation sites (tertiary alicyclic amines) is 1. The number of piperidine rings is 1. The number of carbonyl (C=O) groups excluding carboxylic acids is 1. The van der Waals surface area contributed by atoms with E-state index in [2.05, 4.69) is 5.43 Å². The molecule has 6 heteroatoms. The molecule has 6 nitrogen and oxygen atoms in total. The Morgan fingerprint density at radius 1 is 1.40 bits per heavy atom. The average Bonchev–Trinajstić information content (AvgIpc) is 2.52. The molecule has 4 N–H and O–H groups in total. The van der Waals surface area contributed by atoms with Crippen molar-refractivity contribution in [2.75, 3.05) is 31.7 Å². The van der Waals surface area contributed by atoms with E-state index in [9.17, 15) is 4.79 Å². The van der Waals surface area contributed by atoms with Gasteiger partial charge in [0.05, 0.1) is 30.6 Å². The van der Waals surface area contributed by atoms with E-state index >= 15 is 0 Å². The van der Waals surface area contributed by atoms with Crippen LogP contribution in [0.5, 0.6) is 0 Å². The third-order valence-electron chi connectivity index (χ3n) is 3.49. The van der Waals surface area contributed by atoms with Crippen LogP contribution >= 0.6 is 0 Å². The van der Waals surface area contributed by atoms with Gasteiger partial charge < -0.3 is 20.2 Å². The predicted octanol–water partition coefficient (Wildman–Crippen LogP) is 0.586. The Bertz CT molecular complexity index is 445. The summed E-state index contributed by atoms with van der Waals surface area (Å²) in [5, 5.41) is 8.74. The van der Waals surface area contributed by atoms with Crippen LogP contribution in [0.4, 0.5) is 5.69 Å². The Kier molecular flexibility index (Phi) is 5.34. The predicted molar refractivity (Wildman–Crippen MR) is 76.2 cm³/mol. The van der Waals surface area contributed by atoms with Crippen molar-refractivity contribution in [3.8, 4) is 0 Å². The molecule has 110 valence electrons. The number of anilines is 1. The van der Waals surface area contributed by atoms with Crippen LogP contribution in [0, 0.1) is 0 Å². The summed E-state index contributed by atoms with van der Waals surface area (Å²) in [6, 6.07) is 7.21. The van der Waals surface area contributed by atoms with Crippen LogP contribution in [0.25, 0.3) is 0 Å². The number of aliphatic hydroxyl groups is 1. The number of amides is 1. The standard InChI is InChI=1S/C14H21N3O3/c15-16-13-4-2-1-3-12(13)14(19)17-7-5-11(6-8-17)20-10-9-18/h1-4,11,16,18H,5-10,15H2. The fourth-order valence-electron chi connectivity index (χ4n) is 2.41. The highest BCUT2D eigenvalue weighted by Gasteiger charge is 2.25. The van der Waals surface area contributed by atoms with Crippen LogP contribution in [0.3, 0.4) is 0 Å². The van der Waals surface area contributed by atoms with Crippen molar-refractivity contribution in [3.05, 3.63) is 29.8 Å². The molecule has 1 heterocycles. The van der Waals surface area contributed by atoms with Gasteiger partial charge in [-0.25, -0.2) is 0 Å². The molecule has 0 radical (unpaired) electrons. The van der Waals surface area contributed by atoms with Gasteiger partial charge in [-0.2, -0.15) is 0 Å². The fraction of sp³-hybridized carbons (Fsp3) is 0.500. The van der Waals surface area contributed by atoms with E-state index in [1.54, 1.807) is 12.1 Å². The molecule has 1 aliphatic heterocycles. The number of nitrogens with one attached hydrogen (secondary N) is 1. The molecule has 0 unspecified atom stereocenters. The number of benzene rings is 1. The van der Waals surface area contributed by atoms with Crippen molar-refractivity contribution in [1.29, 1.82) is 0 Å². The molecule has 1 fully saturated rings. The Hall–Kier alpha value is -1.63. The van der Waals surface area contributed by atoms with Gasteiger partial charge >= 0.3 is 0 Å². The van der Waals surface area contributed by atoms with Crippen molar-refractivity contribution in [2.45, 2.75) is 18.9 Å². The van der Waals surface area contributed by atoms with Crippen molar-refractivity contribution in [1.82, 2.24) is 4.90 Å². The second-order valence-corrected chi connectivity index (χ2v) is 4.78. The molecule has 1 aromatic carbocycles. The maximum Gasteiger partial charge on any atom is 0.256 e. The van der Waals surface area contributed by atoms with Crippen LogP contribution in [-0.4, -0.2) is 48.3 Å². The van der Waals surface area contributed by atoms with Crippen LogP contribution < -0.4 is 11.3 Å². The minimum Gasteiger partial charge on any atom is -0.394 e. The number of rotatable bonds is 5. The first-order valence-electron chi connectivity index (χ1n) is 6.83. The molecule has 0 aliphatic carbocycles. The Labute approximate surface area is 118 Å². The first-order chi connectivity index (χ1) is 9.76. The Balaban J connectivity index is 1.94. The quantitative estimate of drug-likeness (QED) is 0.542. The summed E-state index contributed by atoms with van der Waals surface area (Å²) in [7, 11) is 0. The van der Waals surface area contributed by atoms with Gasteiger partial charge in [0.1, 0.15) is 0 Å². The van der Waals surface area contributed by atoms with Crippen LogP contribution in [0.2, 0.25) is 0 Å². The molecule has 1 aromatic rings. The number of carbonyl (C=O) groups is 1. The zero-order valence-corrected chi connectivity index (χ0v) is 11.4. The molecule has 1 aliphatic rings. The second kappa shape index (κ2) is 7.23. The van der Waals surface area contributed by atoms with Gasteiger partial charge in [0.25, 0.3) is 5.91 Å². The molecular weight excluding hydrogens is 258 g/mol. The van der Waals surface area contributed by atoms with Gasteiger partial charge in [0.15, 0.2) is 0 Å². The zero-order chi connectivity index (χ0) is 14.4. The molecular formula is C14H21N3O3. The summed E-state index contributed by atoms with van der Waals surface area (Å²) in [6.45, 7) is 1.72. The van der Waals surface area contributed by atoms with Crippen LogP contribution in [0.15, 0.2) is 24.3 Å². The van der Waals surface area contributed by atoms with Gasteiger partial charge in [-0.15, -0.1) is 0 Å². The minimum atomic E-state index is -0.0147. The van der Waals surface area contributed by atoms with Crippen LogP contribution in [0.1, 0.15) is 23.2 Å². The lowest BCUT2D eigenvalue weighted by Crippen LogP contribution is -2.41. The number of hydrogen-bond acceptors (Lipinski definition) is 5. The number of aliphatic hydroxyl groups excluding tert-OH is 1. The SMILES string of the molecule is NNc1ccccc1C(=O)N1CCC(OCCO)CC1. The highest BCUT2D eigenvalue weighted by Crippen LogP contribution is 2.20. The molecule has 1 amide bonds. The first kappa shape index (κ1) is 14.8. The van der Waals surface area contributed by atoms with E-state index in [-0.39, 0.29) is 18.6 Å². The smallest absolute Gasteiger partial charge is 0.256 e. The molecule has 0 spiro atoms. The summed E-state index contributed by atoms with van der Waals surface area (Å²) in [5.41, 5.74) is 3.78. The third-order valence-corrected chi connectivity index (χ3v) is 3.49. The minimum absolute atomic E-state index is 0.0147. The largest absolute Gasteiger partial charge is 0.394 e. The Morgan fingerprint density at radius 2 is 2.10 bits per heavy atom. The molecule has 0 aromatic heterocycles. The van der Waals surface area contributed by atoms with E-state index in [0.29, 0.717) is 30.9 Å². The summed E-state index contributed by atoms with van der Waals surface area (Å²) < 4.78 is 5.49. The van der Waals surface area contributed by atoms with E-state index < -0.39 is 0 Å². The number of ether oxygens (including phenoxy) is 1. The zero-order valence-electron chi connectivity index (χ0n) is 11.4. The lowest BCUT2D eigenvalue weighted by Gasteiger charge is -2.32. The highest BCUT2D eigenvalue weighted by atomic mass is 16.5. The second-order valence-electron chi connectivity index (χ2n) is 4.78. The lowest BCUT2D eigenvalue weighted by atomic mass is 10.1. The molecule has 0 saturated carbocycles. The van der Waals surface area contributed by atoms with Gasteiger partial charge in [-0.05, 0) is 25.0 Å². The van der Waals surface area contributed by atoms with E-state index in [1.165, 1.54) is 0 Å². The maximum absolute atomic E-state index is 12.4. The first-order valence-corrected chi connectivity index (χ1v) is 6.83. The number of hydrogen-bond donors (Lipinski definition) is 3. The topological polar surface area (TPSA) is 87.8 Å². The van der Waals surface area contributed by atoms with Gasteiger partial charge in [0.2, 0.25) is 0 Å². The third kappa shape index (κ3) is 3.47. The van der Waals surface area contributed by atoms with E-state index in [4.69, 9.17) is 15.7 Å². The maximum atomic E-state index is 12.4. The average molecular weight is 279 g/mol. The number of nitrogen functional groups attached to an aromatic ring is 1. The molecule has 2 rings (SSSR count). The highest BCUT2D eigenvalue weighted by molar-refractivity contribution is 5.99. The number of nitrogens with two attached hydrogens (primary N) is 1. The monoisotopic (exact) mass is 279 g/mol. The lowest BCUT2D eigenvalue weighted by molar-refractivity contribution is -0.00552. The Morgan fingerprint density at radius 3 is 2.75 bits per heavy atom. The molecule has 0 atom stereocenters. The van der Waals surface area contributed by atoms with Crippen molar-refractivity contribution in [3.63, 3.8) is 0 Å². The van der Waals surface area contributed by atoms with E-state index in [1.807, 2.05) is 17.0 Å². The summed E-state index contributed by atoms with van der Waals surface area (Å²) >= 11 is 0. The molecule has 0 bridgehead atoms. The van der Waals surface area contributed by atoms with E-state index in [0.717, 1.165) is 12.8 Å². The summed E-state index contributed by atoms with van der Waals surface area (Å²) in [6.07, 6.45) is 1.72. The van der Waals surface area contributed by atoms with Gasteiger partial charge in [-0.1, -0.05) is 12.1 Å². The molecule has 1 saturated heterocycles. The normalized spacial score (nSPS) is 16.2. The van der Waals surface area contributed by atoms with Gasteiger partial charge in [0, 0.05) is 13.1 Å². The number of nitrogens with zero attached hydrogens (tertiary/aromatic N) is 1. The van der Waals surface area contributed by atoms with Crippen molar-refractivity contribution < 1.29 is 14.6 Å². The summed E-state index contributed by atoms with van der Waals surface area (Å²) in [4.78, 5) is 14.3.